The van der Waals surface area contributed by atoms with Crippen LogP contribution in [0.3, 0.4) is 0 Å². The van der Waals surface area contributed by atoms with Gasteiger partial charge in [0.1, 0.15) is 5.82 Å². The fourth-order valence-electron chi connectivity index (χ4n) is 5.39. The largest absolute Gasteiger partial charge is 0.355 e. The molecule has 3 aliphatic rings. The van der Waals surface area contributed by atoms with Crippen LogP contribution in [0.5, 0.6) is 0 Å². The molecule has 1 aliphatic carbocycles. The topological polar surface area (TPSA) is 35.5 Å². The van der Waals surface area contributed by atoms with Crippen LogP contribution in [0.25, 0.3) is 11.6 Å². The maximum absolute atomic E-state index is 5.07. The highest BCUT2D eigenvalue weighted by Crippen LogP contribution is 2.30. The van der Waals surface area contributed by atoms with E-state index in [4.69, 9.17) is 4.98 Å². The molecule has 2 fully saturated rings. The van der Waals surface area contributed by atoms with Gasteiger partial charge in [0.15, 0.2) is 0 Å². The lowest BCUT2D eigenvalue weighted by Gasteiger charge is -2.39. The number of nitrogens with zero attached hydrogens (tertiary/aromatic N) is 5. The maximum Gasteiger partial charge on any atom is 0.129 e. The van der Waals surface area contributed by atoms with E-state index in [0.29, 0.717) is 6.04 Å². The van der Waals surface area contributed by atoms with Crippen molar-refractivity contribution in [3.63, 3.8) is 0 Å². The van der Waals surface area contributed by atoms with Crippen molar-refractivity contribution in [1.29, 1.82) is 0 Å². The highest BCUT2D eigenvalue weighted by molar-refractivity contribution is 5.86. The normalized spacial score (nSPS) is 21.3. The summed E-state index contributed by atoms with van der Waals surface area (Å²) < 4.78 is 0. The summed E-state index contributed by atoms with van der Waals surface area (Å²) >= 11 is 0. The van der Waals surface area contributed by atoms with Crippen molar-refractivity contribution >= 4 is 17.5 Å². The smallest absolute Gasteiger partial charge is 0.129 e. The number of allylic oxidation sites excluding steroid dienone is 1. The molecule has 0 unspecified atom stereocenters. The summed E-state index contributed by atoms with van der Waals surface area (Å²) in [5.41, 5.74) is 4.78. The van der Waals surface area contributed by atoms with E-state index in [2.05, 4.69) is 63.9 Å². The van der Waals surface area contributed by atoms with Crippen molar-refractivity contribution in [3.05, 3.63) is 53.5 Å². The van der Waals surface area contributed by atoms with Crippen molar-refractivity contribution in [2.75, 3.05) is 44.2 Å². The number of pyridine rings is 2. The Hall–Kier alpha value is -2.24. The zero-order valence-electron chi connectivity index (χ0n) is 19.0. The van der Waals surface area contributed by atoms with Crippen molar-refractivity contribution in [1.82, 2.24) is 19.8 Å². The molecule has 0 atom stereocenters. The van der Waals surface area contributed by atoms with Gasteiger partial charge in [0.2, 0.25) is 0 Å². The Morgan fingerprint density at radius 2 is 1.81 bits per heavy atom. The number of aromatic nitrogens is 2. The molecule has 2 aromatic rings. The van der Waals surface area contributed by atoms with Crippen molar-refractivity contribution in [2.24, 2.45) is 0 Å². The lowest BCUT2D eigenvalue weighted by molar-refractivity contribution is 0.0965. The van der Waals surface area contributed by atoms with E-state index >= 15 is 0 Å². The first-order chi connectivity index (χ1) is 15.2. The van der Waals surface area contributed by atoms with Crippen LogP contribution in [-0.4, -0.2) is 71.1 Å². The standard InChI is InChI=1S/C26H35N5/c1-20(2)29-14-9-23(10-15-29)30-12-5-13-31(17-16-30)26-8-3-7-24(28-26)22-18-21-6-4-11-27-25(21)19-22/h3-4,6-8,11,18,20,23H,5,9-10,12-17,19H2,1-2H3. The third-order valence-electron chi connectivity index (χ3n) is 7.28. The van der Waals surface area contributed by atoms with Gasteiger partial charge in [-0.05, 0) is 81.6 Å². The average molecular weight is 418 g/mol. The van der Waals surface area contributed by atoms with Gasteiger partial charge in [-0.25, -0.2) is 4.98 Å². The molecule has 31 heavy (non-hydrogen) atoms. The third-order valence-corrected chi connectivity index (χ3v) is 7.28. The number of anilines is 1. The average Bonchev–Trinajstić information content (AvgIpc) is 3.09. The van der Waals surface area contributed by atoms with Gasteiger partial charge in [-0.2, -0.15) is 0 Å². The quantitative estimate of drug-likeness (QED) is 0.753. The monoisotopic (exact) mass is 417 g/mol. The predicted octanol–water partition coefficient (Wildman–Crippen LogP) is 3.96. The van der Waals surface area contributed by atoms with Gasteiger partial charge < -0.3 is 9.80 Å². The van der Waals surface area contributed by atoms with Gasteiger partial charge in [-0.3, -0.25) is 9.88 Å². The first-order valence-electron chi connectivity index (χ1n) is 12.0. The third kappa shape index (κ3) is 4.53. The summed E-state index contributed by atoms with van der Waals surface area (Å²) in [5, 5.41) is 0. The second-order valence-electron chi connectivity index (χ2n) is 9.50. The molecule has 0 bridgehead atoms. The molecule has 4 heterocycles. The molecular weight excluding hydrogens is 382 g/mol. The molecule has 5 rings (SSSR count). The minimum Gasteiger partial charge on any atom is -0.355 e. The number of likely N-dealkylation sites (tertiary alicyclic amines) is 1. The number of rotatable bonds is 4. The molecule has 0 amide bonds. The van der Waals surface area contributed by atoms with Gasteiger partial charge >= 0.3 is 0 Å². The Bertz CT molecular complexity index is 929. The molecule has 2 saturated heterocycles. The van der Waals surface area contributed by atoms with Crippen LogP contribution in [0.1, 0.15) is 50.1 Å². The van der Waals surface area contributed by atoms with Crippen LogP contribution >= 0.6 is 0 Å². The zero-order valence-corrected chi connectivity index (χ0v) is 19.0. The molecule has 164 valence electrons. The van der Waals surface area contributed by atoms with E-state index in [-0.39, 0.29) is 0 Å². The van der Waals surface area contributed by atoms with Crippen LogP contribution in [0.15, 0.2) is 36.5 Å². The van der Waals surface area contributed by atoms with Crippen molar-refractivity contribution < 1.29 is 0 Å². The van der Waals surface area contributed by atoms with E-state index in [1.807, 2.05) is 12.3 Å². The summed E-state index contributed by atoms with van der Waals surface area (Å²) in [6, 6.07) is 12.1. The first kappa shape index (κ1) is 20.7. The van der Waals surface area contributed by atoms with Crippen LogP contribution in [0.4, 0.5) is 5.82 Å². The summed E-state index contributed by atoms with van der Waals surface area (Å²) in [5.74, 6) is 1.12. The molecule has 5 heteroatoms. The number of hydrogen-bond donors (Lipinski definition) is 0. The van der Waals surface area contributed by atoms with E-state index in [0.717, 1.165) is 43.6 Å². The number of piperidine rings is 1. The highest BCUT2D eigenvalue weighted by Gasteiger charge is 2.27. The summed E-state index contributed by atoms with van der Waals surface area (Å²) in [6.45, 7) is 11.7. The number of fused-ring (bicyclic) bond motifs is 1. The summed E-state index contributed by atoms with van der Waals surface area (Å²) in [6.07, 6.45) is 8.87. The Morgan fingerprint density at radius 3 is 2.61 bits per heavy atom. The van der Waals surface area contributed by atoms with E-state index in [1.165, 1.54) is 55.7 Å². The van der Waals surface area contributed by atoms with E-state index < -0.39 is 0 Å². The Balaban J connectivity index is 1.23. The first-order valence-corrected chi connectivity index (χ1v) is 12.0. The molecule has 0 spiro atoms. The van der Waals surface area contributed by atoms with Gasteiger partial charge in [0.05, 0.1) is 11.4 Å². The molecule has 0 N–H and O–H groups in total. The SMILES string of the molecule is CC(C)N1CCC(N2CCCN(c3cccc(C4=Cc5cccnc5C4)n3)CC2)CC1. The minimum absolute atomic E-state index is 0.678. The van der Waals surface area contributed by atoms with Crippen LogP contribution < -0.4 is 4.90 Å². The fraction of sp³-hybridized carbons (Fsp3) is 0.538. The summed E-state index contributed by atoms with van der Waals surface area (Å²) in [7, 11) is 0. The lowest BCUT2D eigenvalue weighted by Crippen LogP contribution is -2.47. The molecule has 0 saturated carbocycles. The highest BCUT2D eigenvalue weighted by atomic mass is 15.3. The predicted molar refractivity (Wildman–Crippen MR) is 128 cm³/mol. The maximum atomic E-state index is 5.07. The Labute approximate surface area is 186 Å². The molecule has 2 aromatic heterocycles. The minimum atomic E-state index is 0.678. The Morgan fingerprint density at radius 1 is 0.935 bits per heavy atom. The van der Waals surface area contributed by atoms with Crippen LogP contribution in [0, 0.1) is 0 Å². The number of hydrogen-bond acceptors (Lipinski definition) is 5. The van der Waals surface area contributed by atoms with Gasteiger partial charge in [0, 0.05) is 50.9 Å². The summed E-state index contributed by atoms with van der Waals surface area (Å²) in [4.78, 5) is 17.5. The van der Waals surface area contributed by atoms with Crippen molar-refractivity contribution in [3.8, 4) is 0 Å². The fourth-order valence-corrected chi connectivity index (χ4v) is 5.39. The molecular formula is C26H35N5. The molecule has 0 aromatic carbocycles. The van der Waals surface area contributed by atoms with Gasteiger partial charge in [-0.15, -0.1) is 0 Å². The van der Waals surface area contributed by atoms with E-state index in [1.54, 1.807) is 0 Å². The molecule has 0 radical (unpaired) electrons. The van der Waals surface area contributed by atoms with Crippen LogP contribution in [-0.2, 0) is 6.42 Å². The van der Waals surface area contributed by atoms with Gasteiger partial charge in [0.25, 0.3) is 0 Å². The van der Waals surface area contributed by atoms with Gasteiger partial charge in [-0.1, -0.05) is 12.1 Å². The second-order valence-corrected chi connectivity index (χ2v) is 9.50. The van der Waals surface area contributed by atoms with Crippen LogP contribution in [0.2, 0.25) is 0 Å². The second kappa shape index (κ2) is 9.09. The van der Waals surface area contributed by atoms with E-state index in [9.17, 15) is 0 Å². The zero-order chi connectivity index (χ0) is 21.2. The molecule has 2 aliphatic heterocycles. The lowest BCUT2D eigenvalue weighted by atomic mass is 10.0. The Kier molecular flexibility index (Phi) is 6.06. The molecule has 5 nitrogen and oxygen atoms in total. The van der Waals surface area contributed by atoms with Crippen molar-refractivity contribution in [2.45, 2.75) is 51.6 Å².